The second-order valence-electron chi connectivity index (χ2n) is 13.1. The van der Waals surface area contributed by atoms with E-state index in [0.717, 1.165) is 11.1 Å². The molecular weight excluding hydrogens is 580 g/mol. The van der Waals surface area contributed by atoms with Gasteiger partial charge < -0.3 is 25.0 Å². The average molecular weight is 621 g/mol. The fourth-order valence-electron chi connectivity index (χ4n) is 4.66. The number of piperidine rings is 1. The highest BCUT2D eigenvalue weighted by Crippen LogP contribution is 2.32. The minimum atomic E-state index is -0.567. The van der Waals surface area contributed by atoms with Crippen molar-refractivity contribution in [2.24, 2.45) is 0 Å². The lowest BCUT2D eigenvalue weighted by molar-refractivity contribution is 0.0126. The molecule has 9 nitrogen and oxygen atoms in total. The lowest BCUT2D eigenvalue weighted by atomic mass is 9.86. The number of aromatic nitrogens is 1. The molecule has 10 heteroatoms. The molecule has 4 rings (SSSR count). The van der Waals surface area contributed by atoms with Gasteiger partial charge in [-0.3, -0.25) is 9.59 Å². The molecule has 0 aliphatic carbocycles. The quantitative estimate of drug-likeness (QED) is 0.293. The van der Waals surface area contributed by atoms with Crippen LogP contribution in [0.2, 0.25) is 5.02 Å². The Morgan fingerprint density at radius 2 is 1.57 bits per heavy atom. The van der Waals surface area contributed by atoms with Crippen molar-refractivity contribution in [1.29, 1.82) is 0 Å². The van der Waals surface area contributed by atoms with E-state index in [1.54, 1.807) is 35.4 Å². The van der Waals surface area contributed by atoms with Gasteiger partial charge in [-0.25, -0.2) is 9.78 Å². The number of hydrogen-bond acceptors (Lipinski definition) is 6. The zero-order chi connectivity index (χ0) is 32.2. The number of amides is 3. The first-order chi connectivity index (χ1) is 20.6. The lowest BCUT2D eigenvalue weighted by Gasteiger charge is -2.34. The van der Waals surface area contributed by atoms with Gasteiger partial charge in [0.05, 0.1) is 16.8 Å². The van der Waals surface area contributed by atoms with Gasteiger partial charge in [-0.15, -0.1) is 0 Å². The van der Waals surface area contributed by atoms with Crippen molar-refractivity contribution in [2.75, 3.05) is 23.7 Å². The van der Waals surface area contributed by atoms with Gasteiger partial charge in [0.2, 0.25) is 0 Å². The van der Waals surface area contributed by atoms with Gasteiger partial charge in [0.1, 0.15) is 23.3 Å². The number of pyridine rings is 1. The summed E-state index contributed by atoms with van der Waals surface area (Å²) in [5.41, 5.74) is 2.03. The molecule has 0 atom stereocenters. The van der Waals surface area contributed by atoms with Crippen LogP contribution in [0.5, 0.6) is 5.75 Å². The summed E-state index contributed by atoms with van der Waals surface area (Å²) in [6, 6.07) is 13.8. The number of anilines is 2. The van der Waals surface area contributed by atoms with Gasteiger partial charge in [-0.2, -0.15) is 0 Å². The Kier molecular flexibility index (Phi) is 9.88. The highest BCUT2D eigenvalue weighted by Gasteiger charge is 2.29. The van der Waals surface area contributed by atoms with Gasteiger partial charge in [0.25, 0.3) is 11.8 Å². The SMILES string of the molecule is Cc1ccc(NC(=O)c2cc(Cl)ccc2NC(=O)c2ccc(C(C)(C)C)cc2OC2CCN(C(=O)OC(C)(C)C)CC2)nc1. The molecule has 2 heterocycles. The number of nitrogens with zero attached hydrogens (tertiary/aromatic N) is 2. The molecule has 44 heavy (non-hydrogen) atoms. The normalized spacial score (nSPS) is 14.1. The van der Waals surface area contributed by atoms with E-state index in [0.29, 0.717) is 53.8 Å². The molecule has 1 saturated heterocycles. The predicted molar refractivity (Wildman–Crippen MR) is 173 cm³/mol. The standard InChI is InChI=1S/C34H41ClN4O5/c1-21-8-13-29(36-20-21)38-31(41)26-19-23(35)10-12-27(26)37-30(40)25-11-9-22(33(2,3)4)18-28(25)43-24-14-16-39(17-15-24)32(42)44-34(5,6)7/h8-13,18-20,24H,14-17H2,1-7H3,(H,37,40)(H,36,38,41). The van der Waals surface area contributed by atoms with Crippen LogP contribution in [0.1, 0.15) is 86.2 Å². The van der Waals surface area contributed by atoms with Gasteiger partial charge in [0.15, 0.2) is 0 Å². The number of nitrogens with one attached hydrogen (secondary N) is 2. The molecule has 1 aliphatic rings. The van der Waals surface area contributed by atoms with Crippen LogP contribution in [0.4, 0.5) is 16.3 Å². The maximum absolute atomic E-state index is 13.7. The minimum absolute atomic E-state index is 0.182. The Bertz CT molecular complexity index is 1520. The van der Waals surface area contributed by atoms with Gasteiger partial charge in [-0.05, 0) is 80.6 Å². The maximum atomic E-state index is 13.7. The number of aryl methyl sites for hydroxylation is 1. The largest absolute Gasteiger partial charge is 0.489 e. The smallest absolute Gasteiger partial charge is 0.410 e. The number of halogens is 1. The summed E-state index contributed by atoms with van der Waals surface area (Å²) in [4.78, 5) is 45.4. The molecule has 2 aromatic carbocycles. The van der Waals surface area contributed by atoms with E-state index in [2.05, 4.69) is 36.4 Å². The fraction of sp³-hybridized carbons (Fsp3) is 0.412. The zero-order valence-corrected chi connectivity index (χ0v) is 27.2. The number of carbonyl (C=O) groups excluding carboxylic acids is 3. The van der Waals surface area contributed by atoms with E-state index in [4.69, 9.17) is 21.1 Å². The van der Waals surface area contributed by atoms with Gasteiger partial charge in [0, 0.05) is 37.2 Å². The summed E-state index contributed by atoms with van der Waals surface area (Å²) in [7, 11) is 0. The first kappa shape index (κ1) is 32.8. The van der Waals surface area contributed by atoms with Gasteiger partial charge in [-0.1, -0.05) is 44.5 Å². The molecular formula is C34H41ClN4O5. The van der Waals surface area contributed by atoms with E-state index in [-0.39, 0.29) is 23.2 Å². The molecule has 3 amide bonds. The highest BCUT2D eigenvalue weighted by atomic mass is 35.5. The molecule has 0 saturated carbocycles. The predicted octanol–water partition coefficient (Wildman–Crippen LogP) is 7.62. The number of hydrogen-bond donors (Lipinski definition) is 2. The molecule has 1 aliphatic heterocycles. The monoisotopic (exact) mass is 620 g/mol. The second-order valence-corrected chi connectivity index (χ2v) is 13.5. The Balaban J connectivity index is 1.54. The first-order valence-corrected chi connectivity index (χ1v) is 15.1. The molecule has 0 bridgehead atoms. The number of carbonyl (C=O) groups is 3. The van der Waals surface area contributed by atoms with Crippen molar-refractivity contribution in [2.45, 2.75) is 78.4 Å². The first-order valence-electron chi connectivity index (χ1n) is 14.7. The van der Waals surface area contributed by atoms with Crippen molar-refractivity contribution >= 4 is 41.0 Å². The molecule has 234 valence electrons. The lowest BCUT2D eigenvalue weighted by Crippen LogP contribution is -2.44. The molecule has 3 aromatic rings. The summed E-state index contributed by atoms with van der Waals surface area (Å²) in [5, 5.41) is 5.99. The number of benzene rings is 2. The van der Waals surface area contributed by atoms with Crippen LogP contribution in [0, 0.1) is 6.92 Å². The van der Waals surface area contributed by atoms with Crippen LogP contribution in [0.3, 0.4) is 0 Å². The van der Waals surface area contributed by atoms with Crippen LogP contribution >= 0.6 is 11.6 Å². The summed E-state index contributed by atoms with van der Waals surface area (Å²) in [5.74, 6) is -0.0783. The van der Waals surface area contributed by atoms with Crippen molar-refractivity contribution in [1.82, 2.24) is 9.88 Å². The zero-order valence-electron chi connectivity index (χ0n) is 26.4. The second kappa shape index (κ2) is 13.3. The van der Waals surface area contributed by atoms with Crippen LogP contribution in [-0.4, -0.2) is 52.6 Å². The van der Waals surface area contributed by atoms with Crippen LogP contribution in [0.25, 0.3) is 0 Å². The van der Waals surface area contributed by atoms with Crippen LogP contribution in [-0.2, 0) is 10.2 Å². The number of likely N-dealkylation sites (tertiary alicyclic amines) is 1. The number of ether oxygens (including phenoxy) is 2. The third-order valence-corrected chi connectivity index (χ3v) is 7.34. The third kappa shape index (κ3) is 8.72. The summed E-state index contributed by atoms with van der Waals surface area (Å²) in [6.45, 7) is 14.7. The van der Waals surface area contributed by atoms with Crippen LogP contribution < -0.4 is 15.4 Å². The number of rotatable bonds is 6. The summed E-state index contributed by atoms with van der Waals surface area (Å²) < 4.78 is 12.0. The third-order valence-electron chi connectivity index (χ3n) is 7.11. The van der Waals surface area contributed by atoms with E-state index in [9.17, 15) is 14.4 Å². The molecule has 0 unspecified atom stereocenters. The van der Waals surface area contributed by atoms with E-state index < -0.39 is 17.4 Å². The molecule has 0 spiro atoms. The minimum Gasteiger partial charge on any atom is -0.489 e. The van der Waals surface area contributed by atoms with Gasteiger partial charge >= 0.3 is 6.09 Å². The summed E-state index contributed by atoms with van der Waals surface area (Å²) >= 11 is 6.23. The van der Waals surface area contributed by atoms with E-state index in [1.165, 1.54) is 6.07 Å². The maximum Gasteiger partial charge on any atom is 0.410 e. The van der Waals surface area contributed by atoms with Crippen molar-refractivity contribution < 1.29 is 23.9 Å². The van der Waals surface area contributed by atoms with Crippen molar-refractivity contribution in [3.8, 4) is 5.75 Å². The molecule has 2 N–H and O–H groups in total. The molecule has 1 aromatic heterocycles. The Hall–Kier alpha value is -4.11. The molecule has 1 fully saturated rings. The summed E-state index contributed by atoms with van der Waals surface area (Å²) in [6.07, 6.45) is 2.30. The Morgan fingerprint density at radius 1 is 0.886 bits per heavy atom. The Labute approximate surface area is 264 Å². The fourth-order valence-corrected chi connectivity index (χ4v) is 4.84. The highest BCUT2D eigenvalue weighted by molar-refractivity contribution is 6.31. The Morgan fingerprint density at radius 3 is 2.18 bits per heavy atom. The topological polar surface area (TPSA) is 110 Å². The van der Waals surface area contributed by atoms with Crippen LogP contribution in [0.15, 0.2) is 54.7 Å². The molecule has 0 radical (unpaired) electrons. The average Bonchev–Trinajstić information content (AvgIpc) is 2.94. The van der Waals surface area contributed by atoms with E-state index in [1.807, 2.05) is 45.9 Å². The van der Waals surface area contributed by atoms with Crippen molar-refractivity contribution in [3.05, 3.63) is 82.0 Å². The van der Waals surface area contributed by atoms with Crippen molar-refractivity contribution in [3.63, 3.8) is 0 Å². The van der Waals surface area contributed by atoms with E-state index >= 15 is 0 Å².